The molecule has 4 fully saturated rings. The molecule has 0 bridgehead atoms. The summed E-state index contributed by atoms with van der Waals surface area (Å²) < 4.78 is 12.6. The van der Waals surface area contributed by atoms with E-state index in [-0.39, 0.29) is 39.4 Å². The smallest absolute Gasteiger partial charge is 0.338 e. The van der Waals surface area contributed by atoms with Crippen LogP contribution in [0.2, 0.25) is 18.1 Å². The Balaban J connectivity index is 0.00000135. The van der Waals surface area contributed by atoms with E-state index in [9.17, 15) is 9.90 Å². The number of aliphatic hydroxyl groups excluding tert-OH is 1. The van der Waals surface area contributed by atoms with Crippen LogP contribution in [0.1, 0.15) is 96.8 Å². The Morgan fingerprint density at radius 1 is 1.16 bits per heavy atom. The average Bonchev–Trinajstić information content (AvgIpc) is 3.46. The van der Waals surface area contributed by atoms with Gasteiger partial charge >= 0.3 is 5.97 Å². The number of rotatable bonds is 8. The fourth-order valence-electron chi connectivity index (χ4n) is 8.95. The SMILES string of the molecule is C[C@H](COC(=O)c1ccccc1)[C@H]1CC[C@H]2/C(=C/[C@@H](C)[C@]34CC3C[C@H](O[Si](C)(C)C(C)(C)C)C4O)CCC[C@]12C.ClCCl. The zero-order chi connectivity index (χ0) is 31.8. The van der Waals surface area contributed by atoms with Crippen LogP contribution in [0.5, 0.6) is 0 Å². The van der Waals surface area contributed by atoms with Gasteiger partial charge in [0.15, 0.2) is 8.32 Å². The summed E-state index contributed by atoms with van der Waals surface area (Å²) >= 11 is 9.53. The van der Waals surface area contributed by atoms with Crippen LogP contribution in [0.3, 0.4) is 0 Å². The molecule has 1 aromatic rings. The fraction of sp³-hybridized carbons (Fsp3) is 0.750. The van der Waals surface area contributed by atoms with Gasteiger partial charge in [-0.1, -0.05) is 71.4 Å². The summed E-state index contributed by atoms with van der Waals surface area (Å²) in [4.78, 5) is 12.6. The predicted octanol–water partition coefficient (Wildman–Crippen LogP) is 9.84. The molecule has 2 unspecified atom stereocenters. The number of hydrogen-bond acceptors (Lipinski definition) is 4. The highest BCUT2D eigenvalue weighted by Crippen LogP contribution is 2.69. The number of hydrogen-bond donors (Lipinski definition) is 1. The number of fused-ring (bicyclic) bond motifs is 2. The summed E-state index contributed by atoms with van der Waals surface area (Å²) in [5.41, 5.74) is 2.53. The summed E-state index contributed by atoms with van der Waals surface area (Å²) in [6, 6.07) is 9.34. The van der Waals surface area contributed by atoms with Gasteiger partial charge < -0.3 is 14.3 Å². The van der Waals surface area contributed by atoms with Gasteiger partial charge in [-0.2, -0.15) is 0 Å². The molecule has 0 heterocycles. The van der Waals surface area contributed by atoms with Crippen molar-refractivity contribution in [3.63, 3.8) is 0 Å². The molecule has 7 heteroatoms. The Hall–Kier alpha value is -0.853. The van der Waals surface area contributed by atoms with Crippen molar-refractivity contribution in [3.05, 3.63) is 47.5 Å². The van der Waals surface area contributed by atoms with Gasteiger partial charge in [0, 0.05) is 5.41 Å². The van der Waals surface area contributed by atoms with Gasteiger partial charge in [-0.15, -0.1) is 23.2 Å². The highest BCUT2D eigenvalue weighted by molar-refractivity contribution is 6.74. The minimum atomic E-state index is -1.92. The Labute approximate surface area is 272 Å². The maximum Gasteiger partial charge on any atom is 0.338 e. The van der Waals surface area contributed by atoms with Gasteiger partial charge in [0.25, 0.3) is 0 Å². The van der Waals surface area contributed by atoms with Crippen molar-refractivity contribution < 1.29 is 19.1 Å². The van der Waals surface area contributed by atoms with Crippen molar-refractivity contribution in [1.29, 1.82) is 0 Å². The third-order valence-electron chi connectivity index (χ3n) is 12.4. The molecule has 0 saturated heterocycles. The third-order valence-corrected chi connectivity index (χ3v) is 16.9. The Morgan fingerprint density at radius 3 is 2.44 bits per heavy atom. The molecule has 43 heavy (non-hydrogen) atoms. The first-order valence-electron chi connectivity index (χ1n) is 16.5. The van der Waals surface area contributed by atoms with Crippen molar-refractivity contribution in [2.24, 2.45) is 40.4 Å². The summed E-state index contributed by atoms with van der Waals surface area (Å²) in [6.45, 7) is 19.1. The van der Waals surface area contributed by atoms with Crippen LogP contribution in [0.25, 0.3) is 0 Å². The molecule has 0 amide bonds. The number of allylic oxidation sites excluding steroid dienone is 2. The summed E-state index contributed by atoms with van der Waals surface area (Å²) in [7, 11) is -1.92. The minimum Gasteiger partial charge on any atom is -0.462 e. The van der Waals surface area contributed by atoms with E-state index in [1.54, 1.807) is 5.57 Å². The third kappa shape index (κ3) is 6.97. The van der Waals surface area contributed by atoms with E-state index in [0.29, 0.717) is 41.8 Å². The lowest BCUT2D eigenvalue weighted by molar-refractivity contribution is -0.00620. The number of esters is 1. The Kier molecular flexibility index (Phi) is 11.0. The zero-order valence-electron chi connectivity index (χ0n) is 27.8. The number of carbonyl (C=O) groups is 1. The molecule has 0 aromatic heterocycles. The van der Waals surface area contributed by atoms with E-state index in [4.69, 9.17) is 32.4 Å². The van der Waals surface area contributed by atoms with Gasteiger partial charge in [0.1, 0.15) is 0 Å². The van der Waals surface area contributed by atoms with E-state index in [1.807, 2.05) is 30.3 Å². The van der Waals surface area contributed by atoms with Gasteiger partial charge in [-0.05, 0) is 110 Å². The van der Waals surface area contributed by atoms with E-state index in [2.05, 4.69) is 60.7 Å². The van der Waals surface area contributed by atoms with Crippen LogP contribution in [-0.2, 0) is 9.16 Å². The number of benzene rings is 1. The first-order chi connectivity index (χ1) is 20.1. The van der Waals surface area contributed by atoms with E-state index in [0.717, 1.165) is 12.8 Å². The molecule has 0 radical (unpaired) electrons. The molecule has 0 spiro atoms. The van der Waals surface area contributed by atoms with E-state index in [1.165, 1.54) is 32.1 Å². The van der Waals surface area contributed by atoms with Crippen molar-refractivity contribution >= 4 is 37.5 Å². The van der Waals surface area contributed by atoms with E-state index >= 15 is 0 Å². The summed E-state index contributed by atoms with van der Waals surface area (Å²) in [5.74, 6) is 2.26. The maximum absolute atomic E-state index is 12.6. The predicted molar refractivity (Wildman–Crippen MR) is 181 cm³/mol. The molecular weight excluding hydrogens is 595 g/mol. The second-order valence-electron chi connectivity index (χ2n) is 15.8. The Bertz CT molecular complexity index is 1130. The topological polar surface area (TPSA) is 55.8 Å². The molecule has 9 atom stereocenters. The van der Waals surface area contributed by atoms with Crippen LogP contribution in [-0.4, -0.2) is 43.5 Å². The molecule has 4 aliphatic carbocycles. The summed E-state index contributed by atoms with van der Waals surface area (Å²) in [5, 5.41) is 12.0. The molecule has 4 nitrogen and oxygen atoms in total. The fourth-order valence-corrected chi connectivity index (χ4v) is 10.3. The second-order valence-corrected chi connectivity index (χ2v) is 21.3. The zero-order valence-corrected chi connectivity index (χ0v) is 30.3. The molecular formula is C36H56Cl2O4Si. The molecule has 5 rings (SSSR count). The highest BCUT2D eigenvalue weighted by Gasteiger charge is 2.69. The second kappa shape index (κ2) is 13.5. The standard InChI is InChI=1S/C35H54O4Si.CH2Cl2/c1-23(22-38-32(37)25-13-10-9-11-14-25)28-16-17-29-26(15-12-18-34(28,29)6)19-24(2)35-21-27(35)20-30(31(35)36)39-40(7,8)33(3,4)5;2-1-3/h9-11,13-14,19,23-24,27-31,36H,12,15-18,20-22H2,1-8H3;1H2/b26-19+;/t23-,24-,27?,28-,29+,30+,31?,34-,35-;/m1./s1. The van der Waals surface area contributed by atoms with Crippen LogP contribution in [0.4, 0.5) is 0 Å². The van der Waals surface area contributed by atoms with Crippen LogP contribution in [0, 0.1) is 40.4 Å². The van der Waals surface area contributed by atoms with Crippen molar-refractivity contribution in [2.75, 3.05) is 11.9 Å². The molecule has 4 aliphatic rings. The van der Waals surface area contributed by atoms with E-state index < -0.39 is 8.32 Å². The number of halogens is 2. The normalized spacial score (nSPS) is 35.8. The average molecular weight is 652 g/mol. The van der Waals surface area contributed by atoms with Crippen LogP contribution < -0.4 is 0 Å². The molecule has 1 aromatic carbocycles. The molecule has 0 aliphatic heterocycles. The van der Waals surface area contributed by atoms with Crippen molar-refractivity contribution in [2.45, 2.75) is 117 Å². The largest absolute Gasteiger partial charge is 0.462 e. The first-order valence-corrected chi connectivity index (χ1v) is 20.5. The maximum atomic E-state index is 12.6. The lowest BCUT2D eigenvalue weighted by Gasteiger charge is -2.45. The molecule has 1 N–H and O–H groups in total. The minimum absolute atomic E-state index is 0.00478. The van der Waals surface area contributed by atoms with Crippen LogP contribution >= 0.6 is 23.2 Å². The summed E-state index contributed by atoms with van der Waals surface area (Å²) in [6.07, 6.45) is 10.5. The first kappa shape index (κ1) is 35.0. The lowest BCUT2D eigenvalue weighted by atomic mass is 9.61. The monoisotopic (exact) mass is 650 g/mol. The van der Waals surface area contributed by atoms with Gasteiger partial charge in [-0.25, -0.2) is 4.79 Å². The molecule has 242 valence electrons. The van der Waals surface area contributed by atoms with Crippen molar-refractivity contribution in [1.82, 2.24) is 0 Å². The number of alkyl halides is 2. The quantitative estimate of drug-likeness (QED) is 0.132. The number of ether oxygens (including phenoxy) is 1. The number of carbonyl (C=O) groups excluding carboxylic acids is 1. The number of aliphatic hydroxyl groups is 1. The van der Waals surface area contributed by atoms with Gasteiger partial charge in [0.2, 0.25) is 0 Å². The van der Waals surface area contributed by atoms with Gasteiger partial charge in [-0.3, -0.25) is 0 Å². The van der Waals surface area contributed by atoms with Crippen molar-refractivity contribution in [3.8, 4) is 0 Å². The van der Waals surface area contributed by atoms with Gasteiger partial charge in [0.05, 0.1) is 29.7 Å². The highest BCUT2D eigenvalue weighted by atomic mass is 35.5. The molecule has 4 saturated carbocycles. The van der Waals surface area contributed by atoms with Crippen LogP contribution in [0.15, 0.2) is 42.0 Å². The Morgan fingerprint density at radius 2 is 1.81 bits per heavy atom. The lowest BCUT2D eigenvalue weighted by Crippen LogP contribution is -2.47.